The molecule has 130 valence electrons. The quantitative estimate of drug-likeness (QED) is 0.713. The zero-order valence-corrected chi connectivity index (χ0v) is 14.7. The first kappa shape index (κ1) is 17.5. The van der Waals surface area contributed by atoms with Gasteiger partial charge in [0.2, 0.25) is 5.91 Å². The molecular weight excluding hydrogens is 367 g/mol. The van der Waals surface area contributed by atoms with Crippen LogP contribution >= 0.6 is 22.9 Å². The molecule has 0 aliphatic heterocycles. The third-order valence-corrected chi connectivity index (χ3v) is 4.63. The number of anilines is 1. The van der Waals surface area contributed by atoms with Gasteiger partial charge < -0.3 is 10.3 Å². The molecular formula is C16H14ClFN4O2S. The third-order valence-electron chi connectivity index (χ3n) is 3.40. The molecule has 0 saturated heterocycles. The van der Waals surface area contributed by atoms with Crippen molar-refractivity contribution in [2.45, 2.75) is 6.54 Å². The number of hydrogen-bond donors (Lipinski definition) is 2. The van der Waals surface area contributed by atoms with E-state index in [1.54, 1.807) is 23.4 Å². The Bertz CT molecular complexity index is 988. The fourth-order valence-corrected chi connectivity index (χ4v) is 3.23. The number of fused-ring (bicyclic) bond motifs is 1. The number of aromatic amines is 1. The van der Waals surface area contributed by atoms with E-state index in [0.717, 1.165) is 6.07 Å². The second kappa shape index (κ2) is 7.30. The van der Waals surface area contributed by atoms with Gasteiger partial charge in [0.1, 0.15) is 16.3 Å². The van der Waals surface area contributed by atoms with Gasteiger partial charge >= 0.3 is 0 Å². The predicted octanol–water partition coefficient (Wildman–Crippen LogP) is 2.85. The molecule has 6 nitrogen and oxygen atoms in total. The van der Waals surface area contributed by atoms with Crippen LogP contribution in [0.5, 0.6) is 0 Å². The molecule has 1 aromatic carbocycles. The lowest BCUT2D eigenvalue weighted by molar-refractivity contribution is -0.117. The van der Waals surface area contributed by atoms with Crippen LogP contribution in [0.25, 0.3) is 10.2 Å². The molecule has 0 unspecified atom stereocenters. The number of hydrogen-bond acceptors (Lipinski definition) is 5. The number of thiophene rings is 1. The first-order chi connectivity index (χ1) is 11.9. The number of H-pyrrole nitrogens is 1. The Kier molecular flexibility index (Phi) is 5.12. The molecule has 9 heteroatoms. The summed E-state index contributed by atoms with van der Waals surface area (Å²) in [6, 6.07) is 5.52. The topological polar surface area (TPSA) is 78.1 Å². The number of likely N-dealkylation sites (N-methyl/N-ethyl adjacent to an activating group) is 1. The van der Waals surface area contributed by atoms with Crippen molar-refractivity contribution in [3.63, 3.8) is 0 Å². The summed E-state index contributed by atoms with van der Waals surface area (Å²) >= 11 is 7.25. The van der Waals surface area contributed by atoms with Crippen LogP contribution in [-0.2, 0) is 11.3 Å². The van der Waals surface area contributed by atoms with Gasteiger partial charge in [-0.05, 0) is 36.7 Å². The summed E-state index contributed by atoms with van der Waals surface area (Å²) in [5.74, 6) is -0.372. The number of halogens is 2. The van der Waals surface area contributed by atoms with Crippen molar-refractivity contribution in [3.05, 3.63) is 56.7 Å². The first-order valence-corrected chi connectivity index (χ1v) is 8.58. The normalized spacial score (nSPS) is 11.2. The molecule has 0 fully saturated rings. The molecule has 0 bridgehead atoms. The Morgan fingerprint density at radius 2 is 2.24 bits per heavy atom. The summed E-state index contributed by atoms with van der Waals surface area (Å²) in [4.78, 5) is 32.8. The van der Waals surface area contributed by atoms with Crippen LogP contribution in [0.4, 0.5) is 10.1 Å². The van der Waals surface area contributed by atoms with E-state index >= 15 is 0 Å². The van der Waals surface area contributed by atoms with E-state index in [1.807, 2.05) is 0 Å². The number of nitrogens with zero attached hydrogens (tertiary/aromatic N) is 2. The maximum atomic E-state index is 13.2. The fourth-order valence-electron chi connectivity index (χ4n) is 2.34. The average molecular weight is 381 g/mol. The fraction of sp³-hybridized carbons (Fsp3) is 0.188. The van der Waals surface area contributed by atoms with E-state index < -0.39 is 5.82 Å². The van der Waals surface area contributed by atoms with Crippen molar-refractivity contribution < 1.29 is 9.18 Å². The summed E-state index contributed by atoms with van der Waals surface area (Å²) < 4.78 is 13.8. The summed E-state index contributed by atoms with van der Waals surface area (Å²) in [6.45, 7) is 0.309. The van der Waals surface area contributed by atoms with Crippen molar-refractivity contribution in [2.75, 3.05) is 18.9 Å². The maximum Gasteiger partial charge on any atom is 0.268 e. The van der Waals surface area contributed by atoms with Crippen molar-refractivity contribution >= 4 is 44.7 Å². The van der Waals surface area contributed by atoms with Crippen LogP contribution in [0.1, 0.15) is 5.82 Å². The lowest BCUT2D eigenvalue weighted by atomic mass is 10.3. The standard InChI is InChI=1S/C16H14ClFN4O2S/c1-22(7-13-19-11-4-5-25-15(11)16(24)21-13)8-14(23)20-12-6-9(18)2-3-10(12)17/h2-6H,7-8H2,1H3,(H,20,23)(H,19,21,24). The molecule has 0 saturated carbocycles. The van der Waals surface area contributed by atoms with Crippen LogP contribution in [-0.4, -0.2) is 34.4 Å². The molecule has 25 heavy (non-hydrogen) atoms. The second-order valence-corrected chi connectivity index (χ2v) is 6.82. The van der Waals surface area contributed by atoms with Crippen molar-refractivity contribution in [2.24, 2.45) is 0 Å². The van der Waals surface area contributed by atoms with Gasteiger partial charge in [-0.1, -0.05) is 11.6 Å². The Hall–Kier alpha value is -2.29. The molecule has 0 radical (unpaired) electrons. The number of carbonyl (C=O) groups excluding carboxylic acids is 1. The lowest BCUT2D eigenvalue weighted by Crippen LogP contribution is -2.31. The van der Waals surface area contributed by atoms with E-state index in [0.29, 0.717) is 16.0 Å². The highest BCUT2D eigenvalue weighted by Crippen LogP contribution is 2.22. The van der Waals surface area contributed by atoms with Gasteiger partial charge in [0.05, 0.1) is 29.3 Å². The first-order valence-electron chi connectivity index (χ1n) is 7.32. The Balaban J connectivity index is 1.65. The number of benzene rings is 1. The zero-order valence-electron chi connectivity index (χ0n) is 13.2. The van der Waals surface area contributed by atoms with Crippen LogP contribution in [0, 0.1) is 5.82 Å². The molecule has 3 rings (SSSR count). The van der Waals surface area contributed by atoms with Crippen molar-refractivity contribution in [3.8, 4) is 0 Å². The van der Waals surface area contributed by atoms with Crippen LogP contribution in [0.15, 0.2) is 34.4 Å². The van der Waals surface area contributed by atoms with Gasteiger partial charge in [0, 0.05) is 0 Å². The van der Waals surface area contributed by atoms with Gasteiger partial charge in [0.25, 0.3) is 5.56 Å². The summed E-state index contributed by atoms with van der Waals surface area (Å²) in [5, 5.41) is 4.62. The van der Waals surface area contributed by atoms with Crippen LogP contribution in [0.2, 0.25) is 5.02 Å². The molecule has 0 atom stereocenters. The van der Waals surface area contributed by atoms with Gasteiger partial charge in [-0.25, -0.2) is 9.37 Å². The number of nitrogens with one attached hydrogen (secondary N) is 2. The molecule has 3 aromatic rings. The van der Waals surface area contributed by atoms with E-state index in [-0.39, 0.29) is 35.3 Å². The zero-order chi connectivity index (χ0) is 18.0. The monoisotopic (exact) mass is 380 g/mol. The molecule has 0 spiro atoms. The molecule has 1 amide bonds. The predicted molar refractivity (Wildman–Crippen MR) is 96.6 cm³/mol. The number of amides is 1. The minimum absolute atomic E-state index is 0.0260. The van der Waals surface area contributed by atoms with Gasteiger partial charge in [-0.3, -0.25) is 14.5 Å². The minimum Gasteiger partial charge on any atom is -0.324 e. The SMILES string of the molecule is CN(CC(=O)Nc1cc(F)ccc1Cl)Cc1nc2ccsc2c(=O)[nH]1. The second-order valence-electron chi connectivity index (χ2n) is 5.49. The van der Waals surface area contributed by atoms with Gasteiger partial charge in [-0.2, -0.15) is 0 Å². The molecule has 0 aliphatic carbocycles. The summed E-state index contributed by atoms with van der Waals surface area (Å²) in [7, 11) is 1.71. The highest BCUT2D eigenvalue weighted by atomic mass is 35.5. The Labute approximate surface area is 151 Å². The molecule has 2 aromatic heterocycles. The van der Waals surface area contributed by atoms with Crippen LogP contribution < -0.4 is 10.9 Å². The van der Waals surface area contributed by atoms with E-state index in [1.165, 1.54) is 23.5 Å². The Morgan fingerprint density at radius 3 is 3.04 bits per heavy atom. The third kappa shape index (κ3) is 4.22. The minimum atomic E-state index is -0.487. The van der Waals surface area contributed by atoms with Crippen molar-refractivity contribution in [1.29, 1.82) is 0 Å². The van der Waals surface area contributed by atoms with Gasteiger partial charge in [-0.15, -0.1) is 11.3 Å². The van der Waals surface area contributed by atoms with Gasteiger partial charge in [0.15, 0.2) is 0 Å². The number of aromatic nitrogens is 2. The lowest BCUT2D eigenvalue weighted by Gasteiger charge is -2.16. The van der Waals surface area contributed by atoms with Crippen LogP contribution in [0.3, 0.4) is 0 Å². The molecule has 2 N–H and O–H groups in total. The highest BCUT2D eigenvalue weighted by molar-refractivity contribution is 7.17. The van der Waals surface area contributed by atoms with E-state index in [9.17, 15) is 14.0 Å². The number of rotatable bonds is 5. The van der Waals surface area contributed by atoms with E-state index in [2.05, 4.69) is 15.3 Å². The largest absolute Gasteiger partial charge is 0.324 e. The Morgan fingerprint density at radius 1 is 1.44 bits per heavy atom. The van der Waals surface area contributed by atoms with E-state index in [4.69, 9.17) is 11.6 Å². The molecule has 2 heterocycles. The maximum absolute atomic E-state index is 13.2. The smallest absolute Gasteiger partial charge is 0.268 e. The average Bonchev–Trinajstić information content (AvgIpc) is 2.99. The number of carbonyl (C=O) groups is 1. The summed E-state index contributed by atoms with van der Waals surface area (Å²) in [5.41, 5.74) is 0.652. The highest BCUT2D eigenvalue weighted by Gasteiger charge is 2.12. The van der Waals surface area contributed by atoms with Crippen molar-refractivity contribution in [1.82, 2.24) is 14.9 Å². The molecule has 0 aliphatic rings. The summed E-state index contributed by atoms with van der Waals surface area (Å²) in [6.07, 6.45) is 0.